The zero-order valence-corrected chi connectivity index (χ0v) is 17.8. The van der Waals surface area contributed by atoms with E-state index < -0.39 is 15.8 Å². The Balaban J connectivity index is 2.08. The fourth-order valence-corrected chi connectivity index (χ4v) is 3.36. The molecule has 0 fully saturated rings. The average molecular weight is 431 g/mol. The molecule has 0 atom stereocenters. The Hall–Kier alpha value is -3.33. The molecule has 9 heteroatoms. The Labute approximate surface area is 173 Å². The third kappa shape index (κ3) is 4.46. The summed E-state index contributed by atoms with van der Waals surface area (Å²) in [6, 6.07) is 10.4. The Kier molecular flexibility index (Phi) is 5.84. The number of benzene rings is 2. The molecule has 0 radical (unpaired) electrons. The van der Waals surface area contributed by atoms with Gasteiger partial charge in [-0.1, -0.05) is 0 Å². The first-order valence-electron chi connectivity index (χ1n) is 9.04. The SMILES string of the molecule is CCOC(=O)c1cc(Oc2ccc(S(C)(=O)=O)cc2)c2cc(C(=O)N(C)C)oc2c1. The van der Waals surface area contributed by atoms with E-state index in [0.29, 0.717) is 11.1 Å². The summed E-state index contributed by atoms with van der Waals surface area (Å²) >= 11 is 0. The van der Waals surface area contributed by atoms with Gasteiger partial charge in [0.25, 0.3) is 5.91 Å². The number of hydrogen-bond donors (Lipinski definition) is 0. The molecule has 1 heterocycles. The fourth-order valence-electron chi connectivity index (χ4n) is 2.73. The van der Waals surface area contributed by atoms with Gasteiger partial charge in [-0.25, -0.2) is 13.2 Å². The molecule has 0 aliphatic rings. The van der Waals surface area contributed by atoms with Crippen LogP contribution < -0.4 is 4.74 Å². The van der Waals surface area contributed by atoms with Gasteiger partial charge in [-0.3, -0.25) is 4.79 Å². The molecule has 3 rings (SSSR count). The van der Waals surface area contributed by atoms with Crippen LogP contribution in [0.25, 0.3) is 11.0 Å². The summed E-state index contributed by atoms with van der Waals surface area (Å²) in [5.74, 6) is -0.190. The maximum atomic E-state index is 12.3. The summed E-state index contributed by atoms with van der Waals surface area (Å²) in [5.41, 5.74) is 0.485. The van der Waals surface area contributed by atoms with Crippen molar-refractivity contribution >= 4 is 32.7 Å². The highest BCUT2D eigenvalue weighted by Crippen LogP contribution is 2.34. The molecule has 0 saturated carbocycles. The monoisotopic (exact) mass is 431 g/mol. The van der Waals surface area contributed by atoms with E-state index in [2.05, 4.69) is 0 Å². The van der Waals surface area contributed by atoms with Gasteiger partial charge >= 0.3 is 5.97 Å². The Morgan fingerprint density at radius 3 is 2.30 bits per heavy atom. The molecule has 158 valence electrons. The topological polar surface area (TPSA) is 103 Å². The third-order valence-electron chi connectivity index (χ3n) is 4.21. The normalized spacial score (nSPS) is 11.3. The van der Waals surface area contributed by atoms with Crippen molar-refractivity contribution < 1.29 is 31.9 Å². The van der Waals surface area contributed by atoms with E-state index in [9.17, 15) is 18.0 Å². The highest BCUT2D eigenvalue weighted by Gasteiger charge is 2.20. The first kappa shape index (κ1) is 21.4. The summed E-state index contributed by atoms with van der Waals surface area (Å²) in [4.78, 5) is 26.0. The van der Waals surface area contributed by atoms with E-state index in [4.69, 9.17) is 13.9 Å². The summed E-state index contributed by atoms with van der Waals surface area (Å²) in [6.45, 7) is 1.89. The number of rotatable bonds is 6. The number of carbonyl (C=O) groups is 2. The lowest BCUT2D eigenvalue weighted by molar-refractivity contribution is 0.0526. The molecule has 0 bridgehead atoms. The smallest absolute Gasteiger partial charge is 0.338 e. The van der Waals surface area contributed by atoms with Crippen LogP contribution in [-0.2, 0) is 14.6 Å². The van der Waals surface area contributed by atoms with Crippen LogP contribution in [0.2, 0.25) is 0 Å². The van der Waals surface area contributed by atoms with Gasteiger partial charge in [0.2, 0.25) is 0 Å². The molecule has 30 heavy (non-hydrogen) atoms. The van der Waals surface area contributed by atoms with Gasteiger partial charge in [0, 0.05) is 26.4 Å². The van der Waals surface area contributed by atoms with E-state index in [1.807, 2.05) is 0 Å². The minimum Gasteiger partial charge on any atom is -0.462 e. The van der Waals surface area contributed by atoms with Gasteiger partial charge in [-0.05, 0) is 43.3 Å². The second-order valence-electron chi connectivity index (χ2n) is 6.76. The Morgan fingerprint density at radius 2 is 1.73 bits per heavy atom. The number of carbonyl (C=O) groups excluding carboxylic acids is 2. The minimum absolute atomic E-state index is 0.0910. The summed E-state index contributed by atoms with van der Waals surface area (Å²) < 4.78 is 39.9. The average Bonchev–Trinajstić information content (AvgIpc) is 3.11. The molecule has 0 N–H and O–H groups in total. The molecule has 1 amide bonds. The predicted molar refractivity (Wildman–Crippen MR) is 110 cm³/mol. The van der Waals surface area contributed by atoms with Crippen molar-refractivity contribution in [2.75, 3.05) is 27.0 Å². The lowest BCUT2D eigenvalue weighted by Gasteiger charge is -2.09. The zero-order chi connectivity index (χ0) is 22.1. The maximum absolute atomic E-state index is 12.3. The summed E-state index contributed by atoms with van der Waals surface area (Å²) in [5, 5.41) is 0.487. The van der Waals surface area contributed by atoms with Crippen molar-refractivity contribution in [3.8, 4) is 11.5 Å². The van der Waals surface area contributed by atoms with Crippen LogP contribution in [0.5, 0.6) is 11.5 Å². The number of nitrogens with zero attached hydrogens (tertiary/aromatic N) is 1. The number of amides is 1. The second kappa shape index (κ2) is 8.19. The fraction of sp³-hybridized carbons (Fsp3) is 0.238. The molecule has 1 aromatic heterocycles. The molecule has 2 aromatic carbocycles. The lowest BCUT2D eigenvalue weighted by Crippen LogP contribution is -2.20. The molecule has 0 spiro atoms. The number of fused-ring (bicyclic) bond motifs is 1. The van der Waals surface area contributed by atoms with E-state index in [0.717, 1.165) is 6.26 Å². The quantitative estimate of drug-likeness (QED) is 0.550. The lowest BCUT2D eigenvalue weighted by atomic mass is 10.1. The summed E-state index contributed by atoms with van der Waals surface area (Å²) in [6.07, 6.45) is 1.12. The summed E-state index contributed by atoms with van der Waals surface area (Å²) in [7, 11) is -0.145. The van der Waals surface area contributed by atoms with Crippen molar-refractivity contribution in [3.63, 3.8) is 0 Å². The van der Waals surface area contributed by atoms with E-state index in [1.165, 1.54) is 47.4 Å². The number of ether oxygens (including phenoxy) is 2. The molecular formula is C21H21NO7S. The van der Waals surface area contributed by atoms with Crippen LogP contribution in [0.3, 0.4) is 0 Å². The van der Waals surface area contributed by atoms with Crippen molar-refractivity contribution in [1.29, 1.82) is 0 Å². The van der Waals surface area contributed by atoms with Gasteiger partial charge in [0.05, 0.1) is 22.5 Å². The highest BCUT2D eigenvalue weighted by atomic mass is 32.2. The molecule has 0 aliphatic carbocycles. The number of hydrogen-bond acceptors (Lipinski definition) is 7. The maximum Gasteiger partial charge on any atom is 0.338 e. The molecule has 0 unspecified atom stereocenters. The van der Waals surface area contributed by atoms with Crippen LogP contribution in [0.4, 0.5) is 0 Å². The van der Waals surface area contributed by atoms with E-state index >= 15 is 0 Å². The minimum atomic E-state index is -3.34. The number of furan rings is 1. The van der Waals surface area contributed by atoms with Crippen molar-refractivity contribution in [3.05, 3.63) is 53.8 Å². The van der Waals surface area contributed by atoms with Gasteiger partial charge < -0.3 is 18.8 Å². The second-order valence-corrected chi connectivity index (χ2v) is 8.78. The molecule has 0 saturated heterocycles. The van der Waals surface area contributed by atoms with Crippen molar-refractivity contribution in [2.24, 2.45) is 0 Å². The van der Waals surface area contributed by atoms with Crippen LogP contribution >= 0.6 is 0 Å². The first-order chi connectivity index (χ1) is 14.1. The largest absolute Gasteiger partial charge is 0.462 e. The molecular weight excluding hydrogens is 410 g/mol. The van der Waals surface area contributed by atoms with Gasteiger partial charge in [-0.2, -0.15) is 0 Å². The van der Waals surface area contributed by atoms with Crippen LogP contribution in [-0.4, -0.2) is 52.2 Å². The zero-order valence-electron chi connectivity index (χ0n) is 17.0. The van der Waals surface area contributed by atoms with Gasteiger partial charge in [0.15, 0.2) is 15.6 Å². The third-order valence-corrected chi connectivity index (χ3v) is 5.34. The van der Waals surface area contributed by atoms with Crippen LogP contribution in [0, 0.1) is 0 Å². The van der Waals surface area contributed by atoms with Gasteiger partial charge in [-0.15, -0.1) is 0 Å². The number of sulfone groups is 1. The van der Waals surface area contributed by atoms with E-state index in [1.54, 1.807) is 21.0 Å². The first-order valence-corrected chi connectivity index (χ1v) is 10.9. The number of esters is 1. The van der Waals surface area contributed by atoms with Crippen LogP contribution in [0.15, 0.2) is 51.8 Å². The van der Waals surface area contributed by atoms with Gasteiger partial charge in [0.1, 0.15) is 17.1 Å². The molecule has 0 aliphatic heterocycles. The highest BCUT2D eigenvalue weighted by molar-refractivity contribution is 7.90. The molecule has 8 nitrogen and oxygen atoms in total. The Bertz CT molecular complexity index is 1210. The van der Waals surface area contributed by atoms with E-state index in [-0.39, 0.29) is 40.1 Å². The predicted octanol–water partition coefficient (Wildman–Crippen LogP) is 3.51. The Morgan fingerprint density at radius 1 is 1.07 bits per heavy atom. The van der Waals surface area contributed by atoms with Crippen LogP contribution in [0.1, 0.15) is 27.8 Å². The van der Waals surface area contributed by atoms with Crippen molar-refractivity contribution in [1.82, 2.24) is 4.90 Å². The van der Waals surface area contributed by atoms with Crippen molar-refractivity contribution in [2.45, 2.75) is 11.8 Å². The molecule has 3 aromatic rings. The standard InChI is InChI=1S/C21H21NO7S/c1-5-27-21(24)13-10-17(28-14-6-8-15(9-7-14)30(4,25)26)16-12-19(20(23)22(2)3)29-18(16)11-13/h6-12H,5H2,1-4H3.